The van der Waals surface area contributed by atoms with Gasteiger partial charge in [0, 0.05) is 4.91 Å². The van der Waals surface area contributed by atoms with E-state index in [-0.39, 0.29) is 0 Å². The molecule has 0 spiro atoms. The summed E-state index contributed by atoms with van der Waals surface area (Å²) in [5.41, 5.74) is 16.0. The summed E-state index contributed by atoms with van der Waals surface area (Å²) in [4.78, 5) is 2.82. The molecule has 0 radical (unpaired) electrons. The third kappa shape index (κ3) is 1.97. The summed E-state index contributed by atoms with van der Waals surface area (Å²) < 4.78 is 0. The van der Waals surface area contributed by atoms with Gasteiger partial charge in [0.1, 0.15) is 0 Å². The van der Waals surface area contributed by atoms with E-state index in [9.17, 15) is 0 Å². The van der Waals surface area contributed by atoms with Crippen molar-refractivity contribution in [2.24, 2.45) is 5.11 Å². The molecule has 1 aromatic rings. The molecule has 0 aromatic heterocycles. The standard InChI is InChI=1S/C12H17N3/c1-7-8(2)10(4)12(6-14-15-13)11(5)9(7)3/h6H2,1-5H3. The van der Waals surface area contributed by atoms with Crippen LogP contribution in [0.1, 0.15) is 33.4 Å². The van der Waals surface area contributed by atoms with Crippen LogP contribution >= 0.6 is 0 Å². The SMILES string of the molecule is Cc1c(C)c(C)c(CN=[N+]=[N-])c(C)c1C. The molecule has 0 saturated carbocycles. The summed E-state index contributed by atoms with van der Waals surface area (Å²) in [6.45, 7) is 11.0. The van der Waals surface area contributed by atoms with Crippen molar-refractivity contribution in [3.8, 4) is 0 Å². The number of nitrogens with zero attached hydrogens (tertiary/aromatic N) is 3. The van der Waals surface area contributed by atoms with E-state index in [1.165, 1.54) is 33.4 Å². The van der Waals surface area contributed by atoms with E-state index in [0.29, 0.717) is 6.54 Å². The lowest BCUT2D eigenvalue weighted by atomic mass is 9.90. The highest BCUT2D eigenvalue weighted by atomic mass is 15.1. The Bertz CT molecular complexity index is 412. The molecule has 15 heavy (non-hydrogen) atoms. The molecule has 3 heteroatoms. The van der Waals surface area contributed by atoms with Crippen molar-refractivity contribution < 1.29 is 0 Å². The van der Waals surface area contributed by atoms with Crippen molar-refractivity contribution in [1.29, 1.82) is 0 Å². The Hall–Kier alpha value is -1.47. The Labute approximate surface area is 90.8 Å². The van der Waals surface area contributed by atoms with Crippen LogP contribution in [0.3, 0.4) is 0 Å². The van der Waals surface area contributed by atoms with Crippen LogP contribution in [-0.4, -0.2) is 0 Å². The zero-order chi connectivity index (χ0) is 11.6. The summed E-state index contributed by atoms with van der Waals surface area (Å²) in [6, 6.07) is 0. The molecule has 1 rings (SSSR count). The lowest BCUT2D eigenvalue weighted by Crippen LogP contribution is -2.01. The molecule has 0 unspecified atom stereocenters. The molecule has 0 N–H and O–H groups in total. The monoisotopic (exact) mass is 203 g/mol. The van der Waals surface area contributed by atoms with Crippen LogP contribution in [0.15, 0.2) is 5.11 Å². The first-order valence-electron chi connectivity index (χ1n) is 5.07. The minimum atomic E-state index is 0.454. The molecule has 80 valence electrons. The molecule has 0 heterocycles. The largest absolute Gasteiger partial charge is 0.0893 e. The zero-order valence-electron chi connectivity index (χ0n) is 10.0. The number of hydrogen-bond acceptors (Lipinski definition) is 1. The first kappa shape index (κ1) is 11.6. The van der Waals surface area contributed by atoms with E-state index in [2.05, 4.69) is 44.6 Å². The second-order valence-corrected chi connectivity index (χ2v) is 3.99. The van der Waals surface area contributed by atoms with Gasteiger partial charge in [0.05, 0.1) is 6.54 Å². The smallest absolute Gasteiger partial charge is 0.0516 e. The average Bonchev–Trinajstić information content (AvgIpc) is 2.24. The van der Waals surface area contributed by atoms with Gasteiger partial charge in [-0.05, 0) is 73.5 Å². The van der Waals surface area contributed by atoms with Crippen LogP contribution in [0.4, 0.5) is 0 Å². The fourth-order valence-electron chi connectivity index (χ4n) is 1.92. The number of rotatable bonds is 2. The third-order valence-corrected chi connectivity index (χ3v) is 3.45. The Balaban J connectivity index is 3.44. The van der Waals surface area contributed by atoms with Crippen LogP contribution in [-0.2, 0) is 6.54 Å². The van der Waals surface area contributed by atoms with Gasteiger partial charge >= 0.3 is 0 Å². The second kappa shape index (κ2) is 4.37. The van der Waals surface area contributed by atoms with Gasteiger partial charge < -0.3 is 0 Å². The van der Waals surface area contributed by atoms with Crippen LogP contribution < -0.4 is 0 Å². The van der Waals surface area contributed by atoms with Crippen molar-refractivity contribution >= 4 is 0 Å². The van der Waals surface area contributed by atoms with Crippen molar-refractivity contribution in [3.05, 3.63) is 43.8 Å². The second-order valence-electron chi connectivity index (χ2n) is 3.99. The molecule has 0 aliphatic heterocycles. The molecular formula is C12H17N3. The Kier molecular flexibility index (Phi) is 3.38. The maximum Gasteiger partial charge on any atom is 0.0516 e. The zero-order valence-corrected chi connectivity index (χ0v) is 10.0. The first-order chi connectivity index (χ1) is 7.00. The molecule has 0 bridgehead atoms. The van der Waals surface area contributed by atoms with Crippen molar-refractivity contribution in [2.45, 2.75) is 41.2 Å². The topological polar surface area (TPSA) is 48.8 Å². The fourth-order valence-corrected chi connectivity index (χ4v) is 1.92. The maximum absolute atomic E-state index is 8.36. The molecule has 1 aromatic carbocycles. The van der Waals surface area contributed by atoms with Crippen molar-refractivity contribution in [2.75, 3.05) is 0 Å². The summed E-state index contributed by atoms with van der Waals surface area (Å²) in [5, 5.41) is 3.66. The predicted molar refractivity (Wildman–Crippen MR) is 63.0 cm³/mol. The van der Waals surface area contributed by atoms with E-state index >= 15 is 0 Å². The van der Waals surface area contributed by atoms with Crippen LogP contribution in [0.2, 0.25) is 0 Å². The number of hydrogen-bond donors (Lipinski definition) is 0. The summed E-state index contributed by atoms with van der Waals surface area (Å²) in [7, 11) is 0. The maximum atomic E-state index is 8.36. The first-order valence-corrected chi connectivity index (χ1v) is 5.07. The molecule has 3 nitrogen and oxygen atoms in total. The summed E-state index contributed by atoms with van der Waals surface area (Å²) in [6.07, 6.45) is 0. The Morgan fingerprint density at radius 3 is 1.67 bits per heavy atom. The minimum Gasteiger partial charge on any atom is -0.0893 e. The summed E-state index contributed by atoms with van der Waals surface area (Å²) >= 11 is 0. The molecule has 0 aliphatic rings. The molecule has 0 atom stereocenters. The third-order valence-electron chi connectivity index (χ3n) is 3.45. The minimum absolute atomic E-state index is 0.454. The van der Waals surface area contributed by atoms with Crippen LogP contribution in [0.5, 0.6) is 0 Å². The van der Waals surface area contributed by atoms with Gasteiger partial charge in [-0.25, -0.2) is 0 Å². The van der Waals surface area contributed by atoms with Crippen molar-refractivity contribution in [3.63, 3.8) is 0 Å². The number of azide groups is 1. The quantitative estimate of drug-likeness (QED) is 0.395. The van der Waals surface area contributed by atoms with Gasteiger partial charge in [-0.1, -0.05) is 5.11 Å². The van der Waals surface area contributed by atoms with Crippen LogP contribution in [0.25, 0.3) is 10.4 Å². The van der Waals surface area contributed by atoms with E-state index in [4.69, 9.17) is 5.53 Å². The van der Waals surface area contributed by atoms with Gasteiger partial charge in [0.2, 0.25) is 0 Å². The highest BCUT2D eigenvalue weighted by Gasteiger charge is 2.10. The molecule has 0 aliphatic carbocycles. The highest BCUT2D eigenvalue weighted by Crippen LogP contribution is 2.26. The lowest BCUT2D eigenvalue weighted by molar-refractivity contribution is 0.984. The van der Waals surface area contributed by atoms with Gasteiger partial charge in [-0.2, -0.15) is 0 Å². The molecule has 0 amide bonds. The van der Waals surface area contributed by atoms with E-state index in [1.54, 1.807) is 0 Å². The number of benzene rings is 1. The van der Waals surface area contributed by atoms with Crippen LogP contribution in [0, 0.1) is 34.6 Å². The Morgan fingerprint density at radius 1 is 0.867 bits per heavy atom. The van der Waals surface area contributed by atoms with E-state index in [0.717, 1.165) is 0 Å². The summed E-state index contributed by atoms with van der Waals surface area (Å²) in [5.74, 6) is 0. The predicted octanol–water partition coefficient (Wildman–Crippen LogP) is 4.04. The highest BCUT2D eigenvalue weighted by molar-refractivity contribution is 5.49. The van der Waals surface area contributed by atoms with Gasteiger partial charge in [0.15, 0.2) is 0 Å². The van der Waals surface area contributed by atoms with Gasteiger partial charge in [0.25, 0.3) is 0 Å². The van der Waals surface area contributed by atoms with Gasteiger partial charge in [-0.15, -0.1) is 0 Å². The fraction of sp³-hybridized carbons (Fsp3) is 0.500. The van der Waals surface area contributed by atoms with Gasteiger partial charge in [-0.3, -0.25) is 0 Å². The molecule has 0 saturated heterocycles. The normalized spacial score (nSPS) is 9.93. The lowest BCUT2D eigenvalue weighted by Gasteiger charge is -2.17. The molecule has 0 fully saturated rings. The Morgan fingerprint density at radius 2 is 1.27 bits per heavy atom. The van der Waals surface area contributed by atoms with E-state index < -0.39 is 0 Å². The molecular weight excluding hydrogens is 186 g/mol. The van der Waals surface area contributed by atoms with Crippen molar-refractivity contribution in [1.82, 2.24) is 0 Å². The average molecular weight is 203 g/mol. The van der Waals surface area contributed by atoms with E-state index in [1.807, 2.05) is 0 Å².